The fraction of sp³-hybridized carbons (Fsp3) is 0.263. The second-order valence-electron chi connectivity index (χ2n) is 6.73. The number of benzene rings is 2. The molecule has 13 heteroatoms. The highest BCUT2D eigenvalue weighted by Gasteiger charge is 2.48. The normalized spacial score (nSPS) is 13.0. The fourth-order valence-electron chi connectivity index (χ4n) is 2.58. The number of nitrogens with one attached hydrogen (secondary N) is 1. The molecule has 7 nitrogen and oxygen atoms in total. The standard InChI is InChI=1S/C19H16Cl2F3NO6S/c1-9(2)31-18(28)16(17(27)19(22,23)24)12-8-11(4-6-14(12)26)25-32(29,30)15-7-10(20)3-5-13(15)21/h3-9,16,25-26H,1-2H3/t16-/m1/s1. The molecule has 0 unspecified atom stereocenters. The molecule has 32 heavy (non-hydrogen) atoms. The number of ether oxygens (including phenoxy) is 1. The topological polar surface area (TPSA) is 110 Å². The lowest BCUT2D eigenvalue weighted by molar-refractivity contribution is -0.178. The molecule has 174 valence electrons. The second-order valence-corrected chi connectivity index (χ2v) is 9.23. The van der Waals surface area contributed by atoms with Crippen molar-refractivity contribution in [2.24, 2.45) is 0 Å². The number of aromatic hydroxyl groups is 1. The van der Waals surface area contributed by atoms with Gasteiger partial charge in [-0.05, 0) is 50.2 Å². The fourth-order valence-corrected chi connectivity index (χ4v) is 4.39. The first-order chi connectivity index (χ1) is 14.6. The van der Waals surface area contributed by atoms with Gasteiger partial charge in [0.2, 0.25) is 0 Å². The quantitative estimate of drug-likeness (QED) is 0.316. The lowest BCUT2D eigenvalue weighted by Gasteiger charge is -2.20. The van der Waals surface area contributed by atoms with Crippen LogP contribution in [0.4, 0.5) is 18.9 Å². The molecule has 0 aliphatic carbocycles. The number of hydrogen-bond donors (Lipinski definition) is 2. The highest BCUT2D eigenvalue weighted by molar-refractivity contribution is 7.92. The average molecular weight is 514 g/mol. The Kier molecular flexibility index (Phi) is 7.69. The van der Waals surface area contributed by atoms with Crippen molar-refractivity contribution in [1.29, 1.82) is 0 Å². The van der Waals surface area contributed by atoms with Crippen LogP contribution in [0.2, 0.25) is 10.0 Å². The van der Waals surface area contributed by atoms with Gasteiger partial charge in [0, 0.05) is 16.3 Å². The largest absolute Gasteiger partial charge is 0.508 e. The van der Waals surface area contributed by atoms with Crippen molar-refractivity contribution in [3.05, 3.63) is 52.0 Å². The molecule has 0 aromatic heterocycles. The first kappa shape index (κ1) is 25.8. The van der Waals surface area contributed by atoms with Crippen molar-refractivity contribution in [2.75, 3.05) is 4.72 Å². The van der Waals surface area contributed by atoms with Crippen molar-refractivity contribution >= 4 is 50.7 Å². The van der Waals surface area contributed by atoms with E-state index in [1.165, 1.54) is 26.0 Å². The first-order valence-electron chi connectivity index (χ1n) is 8.75. The van der Waals surface area contributed by atoms with Crippen LogP contribution in [0.15, 0.2) is 41.3 Å². The van der Waals surface area contributed by atoms with E-state index in [9.17, 15) is 36.3 Å². The van der Waals surface area contributed by atoms with Crippen molar-refractivity contribution < 1.29 is 41.0 Å². The molecule has 0 amide bonds. The number of alkyl halides is 3. The number of carbonyl (C=O) groups is 2. The van der Waals surface area contributed by atoms with Crippen molar-refractivity contribution in [2.45, 2.75) is 36.9 Å². The van der Waals surface area contributed by atoms with Crippen molar-refractivity contribution in [3.8, 4) is 5.75 Å². The SMILES string of the molecule is CC(C)OC(=O)[C@@H](C(=O)C(F)(F)F)c1cc(NS(=O)(=O)c2cc(Cl)ccc2Cl)ccc1O. The zero-order chi connectivity index (χ0) is 24.4. The van der Waals surface area contributed by atoms with Crippen LogP contribution < -0.4 is 4.72 Å². The molecule has 2 aromatic rings. The van der Waals surface area contributed by atoms with E-state index in [4.69, 9.17) is 27.9 Å². The number of ketones is 1. The summed E-state index contributed by atoms with van der Waals surface area (Å²) in [6.07, 6.45) is -6.29. The summed E-state index contributed by atoms with van der Waals surface area (Å²) in [5.74, 6) is -7.47. The van der Waals surface area contributed by atoms with Crippen LogP contribution in [0.25, 0.3) is 0 Å². The highest BCUT2D eigenvalue weighted by Crippen LogP contribution is 2.36. The molecule has 0 aliphatic heterocycles. The van der Waals surface area contributed by atoms with Crippen LogP contribution in [-0.2, 0) is 24.3 Å². The first-order valence-corrected chi connectivity index (χ1v) is 11.0. The summed E-state index contributed by atoms with van der Waals surface area (Å²) in [5.41, 5.74) is -1.15. The number of esters is 1. The average Bonchev–Trinajstić information content (AvgIpc) is 2.64. The van der Waals surface area contributed by atoms with Gasteiger partial charge in [0.15, 0.2) is 5.92 Å². The third kappa shape index (κ3) is 6.05. The molecule has 2 aromatic carbocycles. The van der Waals surface area contributed by atoms with E-state index in [1.54, 1.807) is 0 Å². The Balaban J connectivity index is 2.54. The Hall–Kier alpha value is -2.50. The molecule has 0 saturated carbocycles. The third-order valence-electron chi connectivity index (χ3n) is 3.90. The number of hydrogen-bond acceptors (Lipinski definition) is 6. The Morgan fingerprint density at radius 3 is 2.28 bits per heavy atom. The number of phenols is 1. The van der Waals surface area contributed by atoms with Crippen LogP contribution in [-0.4, -0.2) is 37.6 Å². The van der Waals surface area contributed by atoms with E-state index in [0.29, 0.717) is 0 Å². The van der Waals surface area contributed by atoms with Gasteiger partial charge in [-0.3, -0.25) is 14.3 Å². The summed E-state index contributed by atoms with van der Waals surface area (Å²) in [4.78, 5) is 23.8. The number of carbonyl (C=O) groups excluding carboxylic acids is 2. The molecule has 2 N–H and O–H groups in total. The molecule has 2 rings (SSSR count). The molecule has 0 fully saturated rings. The molecule has 0 aliphatic rings. The maximum atomic E-state index is 13.1. The zero-order valence-electron chi connectivity index (χ0n) is 16.4. The van der Waals surface area contributed by atoms with E-state index in [-0.39, 0.29) is 15.7 Å². The minimum absolute atomic E-state index is 0.0495. The molecule has 0 radical (unpaired) electrons. The minimum Gasteiger partial charge on any atom is -0.508 e. The monoisotopic (exact) mass is 513 g/mol. The number of sulfonamides is 1. The van der Waals surface area contributed by atoms with E-state index < -0.39 is 56.2 Å². The van der Waals surface area contributed by atoms with Crippen LogP contribution in [0.3, 0.4) is 0 Å². The van der Waals surface area contributed by atoms with E-state index >= 15 is 0 Å². The van der Waals surface area contributed by atoms with Crippen molar-refractivity contribution in [3.63, 3.8) is 0 Å². The van der Waals surface area contributed by atoms with Crippen LogP contribution in [0, 0.1) is 0 Å². The molecule has 0 heterocycles. The number of phenolic OH excluding ortho intramolecular Hbond substituents is 1. The molecule has 0 saturated heterocycles. The van der Waals surface area contributed by atoms with Gasteiger partial charge in [-0.2, -0.15) is 13.2 Å². The van der Waals surface area contributed by atoms with Gasteiger partial charge in [0.1, 0.15) is 10.6 Å². The van der Waals surface area contributed by atoms with E-state index in [1.807, 2.05) is 0 Å². The van der Waals surface area contributed by atoms with Gasteiger partial charge in [0.25, 0.3) is 15.8 Å². The summed E-state index contributed by atoms with van der Waals surface area (Å²) in [7, 11) is -4.38. The van der Waals surface area contributed by atoms with Gasteiger partial charge >= 0.3 is 12.1 Å². The predicted molar refractivity (Wildman–Crippen MR) is 110 cm³/mol. The maximum Gasteiger partial charge on any atom is 0.451 e. The van der Waals surface area contributed by atoms with Gasteiger partial charge in [-0.15, -0.1) is 0 Å². The highest BCUT2D eigenvalue weighted by atomic mass is 35.5. The number of Topliss-reactive ketones (excluding diaryl/α,β-unsaturated/α-hetero) is 1. The zero-order valence-corrected chi connectivity index (χ0v) is 18.7. The lowest BCUT2D eigenvalue weighted by Crippen LogP contribution is -2.35. The number of rotatable bonds is 7. The maximum absolute atomic E-state index is 13.1. The Labute approximate surface area is 191 Å². The summed E-state index contributed by atoms with van der Waals surface area (Å²) >= 11 is 11.7. The molecular formula is C19H16Cl2F3NO6S. The second kappa shape index (κ2) is 9.55. The van der Waals surface area contributed by atoms with E-state index in [2.05, 4.69) is 4.72 Å². The Morgan fingerprint density at radius 1 is 1.09 bits per heavy atom. The number of anilines is 1. The molecular weight excluding hydrogens is 498 g/mol. The van der Waals surface area contributed by atoms with Crippen LogP contribution >= 0.6 is 23.2 Å². The third-order valence-corrected chi connectivity index (χ3v) is 6.00. The molecule has 0 spiro atoms. The van der Waals surface area contributed by atoms with E-state index in [0.717, 1.165) is 24.3 Å². The summed E-state index contributed by atoms with van der Waals surface area (Å²) in [6, 6.07) is 6.17. The van der Waals surface area contributed by atoms with Crippen molar-refractivity contribution in [1.82, 2.24) is 0 Å². The summed E-state index contributed by atoms with van der Waals surface area (Å²) < 4.78 is 71.4. The van der Waals surface area contributed by atoms with Gasteiger partial charge in [-0.1, -0.05) is 23.2 Å². The Bertz CT molecular complexity index is 1150. The minimum atomic E-state index is -5.43. The summed E-state index contributed by atoms with van der Waals surface area (Å²) in [5, 5.41) is 9.92. The summed E-state index contributed by atoms with van der Waals surface area (Å²) in [6.45, 7) is 2.71. The molecule has 1 atom stereocenters. The number of halogens is 5. The van der Waals surface area contributed by atoms with Gasteiger partial charge < -0.3 is 9.84 Å². The Morgan fingerprint density at radius 2 is 1.72 bits per heavy atom. The van der Waals surface area contributed by atoms with Gasteiger partial charge in [-0.25, -0.2) is 8.42 Å². The molecule has 0 bridgehead atoms. The van der Waals surface area contributed by atoms with Crippen LogP contribution in [0.1, 0.15) is 25.3 Å². The predicted octanol–water partition coefficient (Wildman–Crippen LogP) is 4.67. The smallest absolute Gasteiger partial charge is 0.451 e. The van der Waals surface area contributed by atoms with Crippen LogP contribution in [0.5, 0.6) is 5.75 Å². The lowest BCUT2D eigenvalue weighted by atomic mass is 9.93. The van der Waals surface area contributed by atoms with Gasteiger partial charge in [0.05, 0.1) is 11.1 Å².